The molecular weight excluding hydrogens is 269 g/mol. The van der Waals surface area contributed by atoms with Gasteiger partial charge in [-0.3, -0.25) is 0 Å². The van der Waals surface area contributed by atoms with Crippen molar-refractivity contribution in [2.45, 2.75) is 56.8 Å². The van der Waals surface area contributed by atoms with Crippen molar-refractivity contribution in [1.29, 1.82) is 0 Å². The predicted octanol–water partition coefficient (Wildman–Crippen LogP) is 1.52. The number of nitrogens with two attached hydrogens (primary N) is 1. The summed E-state index contributed by atoms with van der Waals surface area (Å²) in [4.78, 5) is 0. The third kappa shape index (κ3) is 6.01. The Labute approximate surface area is 105 Å². The Bertz CT molecular complexity index is 357. The van der Waals surface area contributed by atoms with Crippen molar-refractivity contribution in [3.05, 3.63) is 0 Å². The number of alkyl halides is 3. The average Bonchev–Trinajstić information content (AvgIpc) is 2.18. The van der Waals surface area contributed by atoms with Crippen LogP contribution in [0, 0.1) is 0 Å². The van der Waals surface area contributed by atoms with Crippen LogP contribution < -0.4 is 10.5 Å². The van der Waals surface area contributed by atoms with Gasteiger partial charge in [0.05, 0.1) is 5.75 Å². The predicted molar refractivity (Wildman–Crippen MR) is 62.4 cm³/mol. The van der Waals surface area contributed by atoms with Crippen LogP contribution in [0.3, 0.4) is 0 Å². The molecule has 0 heterocycles. The maximum atomic E-state index is 11.9. The topological polar surface area (TPSA) is 72.2 Å². The van der Waals surface area contributed by atoms with Gasteiger partial charge >= 0.3 is 6.18 Å². The van der Waals surface area contributed by atoms with Crippen molar-refractivity contribution in [3.8, 4) is 0 Å². The first kappa shape index (κ1) is 15.7. The summed E-state index contributed by atoms with van der Waals surface area (Å²) in [6.07, 6.45) is -2.55. The fourth-order valence-electron chi connectivity index (χ4n) is 2.06. The summed E-state index contributed by atoms with van der Waals surface area (Å²) in [5.41, 5.74) is 5.78. The number of nitrogens with one attached hydrogen (secondary N) is 1. The number of rotatable bonds is 5. The van der Waals surface area contributed by atoms with E-state index in [1.165, 1.54) is 0 Å². The molecule has 0 aliphatic heterocycles. The van der Waals surface area contributed by atoms with Gasteiger partial charge in [-0.15, -0.1) is 0 Å². The van der Waals surface area contributed by atoms with Crippen molar-refractivity contribution in [1.82, 2.24) is 4.72 Å². The van der Waals surface area contributed by atoms with Crippen LogP contribution in [0.15, 0.2) is 0 Å². The van der Waals surface area contributed by atoms with Gasteiger partial charge in [0.1, 0.15) is 0 Å². The van der Waals surface area contributed by atoms with E-state index in [1.807, 2.05) is 0 Å². The molecule has 1 rings (SSSR count). The smallest absolute Gasteiger partial charge is 0.326 e. The molecule has 0 bridgehead atoms. The SMILES string of the molecule is N[C@@H]1CCCC[C@H]1NS(=O)(=O)CCCC(F)(F)F. The van der Waals surface area contributed by atoms with Crippen LogP contribution in [0.4, 0.5) is 13.2 Å². The second-order valence-electron chi connectivity index (χ2n) is 4.71. The number of sulfonamides is 1. The molecule has 0 saturated heterocycles. The largest absolute Gasteiger partial charge is 0.389 e. The maximum Gasteiger partial charge on any atom is 0.389 e. The van der Waals surface area contributed by atoms with Gasteiger partial charge in [-0.25, -0.2) is 13.1 Å². The zero-order valence-electron chi connectivity index (χ0n) is 10.0. The summed E-state index contributed by atoms with van der Waals surface area (Å²) in [6.45, 7) is 0. The van der Waals surface area contributed by atoms with Crippen LogP contribution in [0.5, 0.6) is 0 Å². The summed E-state index contributed by atoms with van der Waals surface area (Å²) in [7, 11) is -3.67. The zero-order valence-corrected chi connectivity index (χ0v) is 10.9. The van der Waals surface area contributed by atoms with E-state index in [-0.39, 0.29) is 12.1 Å². The molecule has 0 radical (unpaired) electrons. The van der Waals surface area contributed by atoms with Gasteiger partial charge in [0, 0.05) is 18.5 Å². The molecule has 0 unspecified atom stereocenters. The van der Waals surface area contributed by atoms with E-state index in [9.17, 15) is 21.6 Å². The van der Waals surface area contributed by atoms with Gasteiger partial charge < -0.3 is 5.73 Å². The van der Waals surface area contributed by atoms with Crippen molar-refractivity contribution >= 4 is 10.0 Å². The first-order valence-corrected chi connectivity index (χ1v) is 7.67. The van der Waals surface area contributed by atoms with Crippen molar-refractivity contribution in [3.63, 3.8) is 0 Å². The van der Waals surface area contributed by atoms with Gasteiger partial charge in [0.15, 0.2) is 0 Å². The Morgan fingerprint density at radius 2 is 1.83 bits per heavy atom. The number of hydrogen-bond acceptors (Lipinski definition) is 3. The van der Waals surface area contributed by atoms with Crippen LogP contribution in [0.1, 0.15) is 38.5 Å². The Kier molecular flexibility index (Phi) is 5.42. The molecule has 4 nitrogen and oxygen atoms in total. The molecule has 8 heteroatoms. The first-order chi connectivity index (χ1) is 8.20. The molecule has 0 aromatic rings. The fraction of sp³-hybridized carbons (Fsp3) is 1.00. The average molecular weight is 288 g/mol. The van der Waals surface area contributed by atoms with E-state index >= 15 is 0 Å². The lowest BCUT2D eigenvalue weighted by atomic mass is 9.92. The Balaban J connectivity index is 2.39. The van der Waals surface area contributed by atoms with Gasteiger partial charge in [-0.2, -0.15) is 13.2 Å². The molecule has 0 spiro atoms. The highest BCUT2D eigenvalue weighted by Crippen LogP contribution is 2.22. The highest BCUT2D eigenvalue weighted by Gasteiger charge is 2.29. The minimum absolute atomic E-state index is 0.240. The molecule has 1 aliphatic rings. The molecule has 0 aromatic heterocycles. The molecule has 18 heavy (non-hydrogen) atoms. The van der Waals surface area contributed by atoms with E-state index in [4.69, 9.17) is 5.73 Å². The van der Waals surface area contributed by atoms with Crippen molar-refractivity contribution < 1.29 is 21.6 Å². The fourth-order valence-corrected chi connectivity index (χ4v) is 3.45. The maximum absolute atomic E-state index is 11.9. The summed E-state index contributed by atoms with van der Waals surface area (Å²) in [6, 6.07) is -0.578. The Morgan fingerprint density at radius 1 is 1.22 bits per heavy atom. The van der Waals surface area contributed by atoms with Crippen LogP contribution in [-0.4, -0.2) is 32.4 Å². The summed E-state index contributed by atoms with van der Waals surface area (Å²) in [5.74, 6) is -0.504. The molecule has 1 saturated carbocycles. The number of halogens is 3. The quantitative estimate of drug-likeness (QED) is 0.805. The lowest BCUT2D eigenvalue weighted by Crippen LogP contribution is -2.49. The second-order valence-corrected chi connectivity index (χ2v) is 6.58. The lowest BCUT2D eigenvalue weighted by molar-refractivity contribution is -0.134. The van der Waals surface area contributed by atoms with Gasteiger partial charge in [-0.05, 0) is 19.3 Å². The van der Waals surface area contributed by atoms with Crippen LogP contribution in [-0.2, 0) is 10.0 Å². The molecule has 0 aromatic carbocycles. The van der Waals surface area contributed by atoms with Gasteiger partial charge in [0.25, 0.3) is 0 Å². The molecule has 1 fully saturated rings. The molecule has 1 aliphatic carbocycles. The number of hydrogen-bond donors (Lipinski definition) is 2. The summed E-state index contributed by atoms with van der Waals surface area (Å²) >= 11 is 0. The van der Waals surface area contributed by atoms with Crippen molar-refractivity contribution in [2.24, 2.45) is 5.73 Å². The lowest BCUT2D eigenvalue weighted by Gasteiger charge is -2.29. The zero-order chi connectivity index (χ0) is 13.8. The van der Waals surface area contributed by atoms with Gasteiger partial charge in [-0.1, -0.05) is 12.8 Å². The van der Waals surface area contributed by atoms with Crippen molar-refractivity contribution in [2.75, 3.05) is 5.75 Å². The highest BCUT2D eigenvalue weighted by atomic mass is 32.2. The molecule has 108 valence electrons. The molecular formula is C10H19F3N2O2S. The molecule has 2 atom stereocenters. The monoisotopic (exact) mass is 288 g/mol. The van der Waals surface area contributed by atoms with Gasteiger partial charge in [0.2, 0.25) is 10.0 Å². The van der Waals surface area contributed by atoms with E-state index in [1.54, 1.807) is 0 Å². The Morgan fingerprint density at radius 3 is 2.39 bits per heavy atom. The molecule has 3 N–H and O–H groups in total. The van der Waals surface area contributed by atoms with Crippen LogP contribution >= 0.6 is 0 Å². The van der Waals surface area contributed by atoms with E-state index < -0.39 is 34.8 Å². The first-order valence-electron chi connectivity index (χ1n) is 6.02. The Hall–Kier alpha value is -0.340. The minimum atomic E-state index is -4.31. The standard InChI is InChI=1S/C10H19F3N2O2S/c11-10(12,13)6-3-7-18(16,17)15-9-5-2-1-4-8(9)14/h8-9,15H,1-7,14H2/t8-,9-/m1/s1. The third-order valence-electron chi connectivity index (χ3n) is 3.02. The second kappa shape index (κ2) is 6.21. The van der Waals surface area contributed by atoms with Crippen LogP contribution in [0.2, 0.25) is 0 Å². The van der Waals surface area contributed by atoms with E-state index in [0.29, 0.717) is 6.42 Å². The summed E-state index contributed by atoms with van der Waals surface area (Å²) < 4.78 is 61.4. The van der Waals surface area contributed by atoms with E-state index in [2.05, 4.69) is 4.72 Å². The molecule has 0 amide bonds. The van der Waals surface area contributed by atoms with E-state index in [0.717, 1.165) is 19.3 Å². The third-order valence-corrected chi connectivity index (χ3v) is 4.51. The summed E-state index contributed by atoms with van der Waals surface area (Å²) in [5, 5.41) is 0. The van der Waals surface area contributed by atoms with Crippen LogP contribution in [0.25, 0.3) is 0 Å². The highest BCUT2D eigenvalue weighted by molar-refractivity contribution is 7.89. The normalized spacial score (nSPS) is 26.2. The minimum Gasteiger partial charge on any atom is -0.326 e.